The van der Waals surface area contributed by atoms with Gasteiger partial charge in [-0.05, 0) is 54.9 Å². The average Bonchev–Trinajstić information content (AvgIpc) is 2.49. The topological polar surface area (TPSA) is 48.1 Å². The monoisotopic (exact) mass is 322 g/mol. The van der Waals surface area contributed by atoms with Gasteiger partial charge in [0.15, 0.2) is 5.11 Å². The number of hydrogen-bond acceptors (Lipinski definition) is 3. The third-order valence-corrected chi connectivity index (χ3v) is 3.28. The molecule has 22 heavy (non-hydrogen) atoms. The van der Waals surface area contributed by atoms with Crippen molar-refractivity contribution < 1.29 is 4.28 Å². The molecule has 0 unspecified atom stereocenters. The maximum atomic E-state index is 5.30. The van der Waals surface area contributed by atoms with E-state index in [1.807, 2.05) is 44.3 Å². The third kappa shape index (κ3) is 6.11. The highest BCUT2D eigenvalue weighted by molar-refractivity contribution is 7.80. The largest absolute Gasteiger partial charge is 0.362 e. The van der Waals surface area contributed by atoms with Gasteiger partial charge in [0.2, 0.25) is 0 Å². The fraction of sp³-hybridized carbons (Fsp3) is 0.235. The lowest BCUT2D eigenvalue weighted by molar-refractivity contribution is 0.877. The SMILES string of the molecule is C=C/C=C(\C=C)CCNC(=S)Nc1ccc(NNC)c(C)c1.[HH].[HH].[HH]. The second-order valence-electron chi connectivity index (χ2n) is 4.72. The van der Waals surface area contributed by atoms with E-state index in [-0.39, 0.29) is 4.28 Å². The first-order chi connectivity index (χ1) is 10.6. The summed E-state index contributed by atoms with van der Waals surface area (Å²) >= 11 is 5.30. The van der Waals surface area contributed by atoms with Crippen LogP contribution in [0.3, 0.4) is 0 Å². The molecule has 1 aromatic carbocycles. The van der Waals surface area contributed by atoms with Gasteiger partial charge in [-0.2, -0.15) is 0 Å². The second kappa shape index (κ2) is 9.76. The third-order valence-electron chi connectivity index (χ3n) is 3.04. The Morgan fingerprint density at radius 1 is 1.36 bits per heavy atom. The summed E-state index contributed by atoms with van der Waals surface area (Å²) in [6.07, 6.45) is 6.39. The normalized spacial score (nSPS) is 10.7. The van der Waals surface area contributed by atoms with Crippen LogP contribution in [0.4, 0.5) is 11.4 Å². The molecule has 1 aromatic rings. The molecule has 0 aliphatic heterocycles. The molecular weight excluding hydrogens is 292 g/mol. The quantitative estimate of drug-likeness (QED) is 0.327. The van der Waals surface area contributed by atoms with Crippen LogP contribution in [0, 0.1) is 6.92 Å². The van der Waals surface area contributed by atoms with E-state index in [0.717, 1.165) is 35.5 Å². The lowest BCUT2D eigenvalue weighted by Gasteiger charge is -2.13. The van der Waals surface area contributed by atoms with E-state index in [1.54, 1.807) is 6.08 Å². The minimum Gasteiger partial charge on any atom is -0.362 e. The zero-order chi connectivity index (χ0) is 16.4. The Hall–Kier alpha value is -2.11. The number of nitrogens with one attached hydrogen (secondary N) is 4. The first kappa shape index (κ1) is 17.9. The Morgan fingerprint density at radius 2 is 2.14 bits per heavy atom. The van der Waals surface area contributed by atoms with E-state index in [9.17, 15) is 0 Å². The molecule has 1 rings (SSSR count). The zero-order valence-electron chi connectivity index (χ0n) is 13.2. The Balaban J connectivity index is -0.00000161. The fourth-order valence-electron chi connectivity index (χ4n) is 1.92. The highest BCUT2D eigenvalue weighted by Crippen LogP contribution is 2.18. The highest BCUT2D eigenvalue weighted by Gasteiger charge is 2.01. The second-order valence-corrected chi connectivity index (χ2v) is 5.13. The first-order valence-electron chi connectivity index (χ1n) is 7.13. The Bertz CT molecular complexity index is 577. The summed E-state index contributed by atoms with van der Waals surface area (Å²) in [6.45, 7) is 10.2. The molecule has 0 atom stereocenters. The molecule has 0 saturated heterocycles. The molecule has 5 heteroatoms. The zero-order valence-corrected chi connectivity index (χ0v) is 14.0. The number of allylic oxidation sites excluding steroid dienone is 3. The molecule has 0 aliphatic rings. The molecule has 0 amide bonds. The minimum absolute atomic E-state index is 0. The van der Waals surface area contributed by atoms with E-state index in [0.29, 0.717) is 5.11 Å². The summed E-state index contributed by atoms with van der Waals surface area (Å²) in [6, 6.07) is 6.02. The molecule has 124 valence electrons. The van der Waals surface area contributed by atoms with Crippen LogP contribution in [-0.2, 0) is 0 Å². The summed E-state index contributed by atoms with van der Waals surface area (Å²) < 4.78 is 0. The maximum Gasteiger partial charge on any atom is 0.170 e. The van der Waals surface area contributed by atoms with Crippen LogP contribution in [0.1, 0.15) is 16.3 Å². The highest BCUT2D eigenvalue weighted by atomic mass is 32.1. The number of rotatable bonds is 8. The molecule has 0 aliphatic carbocycles. The van der Waals surface area contributed by atoms with Crippen LogP contribution in [0.25, 0.3) is 0 Å². The predicted molar refractivity (Wildman–Crippen MR) is 108 cm³/mol. The molecule has 0 fully saturated rings. The van der Waals surface area contributed by atoms with Gasteiger partial charge in [-0.1, -0.05) is 31.4 Å². The summed E-state index contributed by atoms with van der Waals surface area (Å²) in [4.78, 5) is 0. The van der Waals surface area contributed by atoms with Crippen LogP contribution in [-0.4, -0.2) is 18.7 Å². The average molecular weight is 323 g/mol. The van der Waals surface area contributed by atoms with Crippen LogP contribution in [0.2, 0.25) is 0 Å². The smallest absolute Gasteiger partial charge is 0.170 e. The van der Waals surface area contributed by atoms with Gasteiger partial charge in [-0.15, -0.1) is 0 Å². The molecular formula is C17H30N4S. The number of hydrogen-bond donors (Lipinski definition) is 4. The molecule has 4 N–H and O–H groups in total. The Kier molecular flexibility index (Phi) is 7.96. The van der Waals surface area contributed by atoms with E-state index >= 15 is 0 Å². The summed E-state index contributed by atoms with van der Waals surface area (Å²) in [5.41, 5.74) is 10.2. The molecule has 0 spiro atoms. The molecule has 4 nitrogen and oxygen atoms in total. The van der Waals surface area contributed by atoms with Crippen molar-refractivity contribution in [2.45, 2.75) is 13.3 Å². The van der Waals surface area contributed by atoms with E-state index in [4.69, 9.17) is 12.2 Å². The van der Waals surface area contributed by atoms with Gasteiger partial charge >= 0.3 is 0 Å². The molecule has 0 aromatic heterocycles. The van der Waals surface area contributed by atoms with Crippen molar-refractivity contribution in [2.24, 2.45) is 0 Å². The van der Waals surface area contributed by atoms with Gasteiger partial charge < -0.3 is 16.1 Å². The number of hydrazine groups is 1. The number of aryl methyl sites for hydroxylation is 1. The van der Waals surface area contributed by atoms with Crippen molar-refractivity contribution >= 4 is 28.7 Å². The summed E-state index contributed by atoms with van der Waals surface area (Å²) in [7, 11) is 1.84. The van der Waals surface area contributed by atoms with Gasteiger partial charge in [0.05, 0.1) is 5.69 Å². The molecule has 0 saturated carbocycles. The number of anilines is 2. The standard InChI is InChI=1S/C17H24N4S.3H2/c1-5-7-14(6-2)10-11-19-17(22)20-15-8-9-16(21-18-4)13(3)12-15;;;/h5-9,12,18,21H,1-2,10-11H2,3-4H3,(H2,19,20,22);3*1H/b14-7+;;;. The van der Waals surface area contributed by atoms with Crippen molar-refractivity contribution in [3.05, 3.63) is 60.7 Å². The van der Waals surface area contributed by atoms with E-state index < -0.39 is 0 Å². The van der Waals surface area contributed by atoms with Crippen molar-refractivity contribution in [2.75, 3.05) is 24.3 Å². The van der Waals surface area contributed by atoms with Gasteiger partial charge in [0.25, 0.3) is 0 Å². The maximum absolute atomic E-state index is 5.30. The number of benzene rings is 1. The number of thiocarbonyl (C=S) groups is 1. The van der Waals surface area contributed by atoms with Crippen LogP contribution in [0.15, 0.2) is 55.2 Å². The van der Waals surface area contributed by atoms with Gasteiger partial charge in [-0.3, -0.25) is 0 Å². The molecule has 0 bridgehead atoms. The van der Waals surface area contributed by atoms with Crippen molar-refractivity contribution in [1.29, 1.82) is 0 Å². The van der Waals surface area contributed by atoms with Crippen LogP contribution in [0.5, 0.6) is 0 Å². The lowest BCUT2D eigenvalue weighted by atomic mass is 10.1. The van der Waals surface area contributed by atoms with E-state index in [2.05, 4.69) is 34.6 Å². The van der Waals surface area contributed by atoms with Crippen molar-refractivity contribution in [3.63, 3.8) is 0 Å². The lowest BCUT2D eigenvalue weighted by Crippen LogP contribution is -2.29. The molecule has 0 heterocycles. The van der Waals surface area contributed by atoms with Gasteiger partial charge in [0.1, 0.15) is 0 Å². The van der Waals surface area contributed by atoms with E-state index in [1.165, 1.54) is 0 Å². The molecule has 0 radical (unpaired) electrons. The predicted octanol–water partition coefficient (Wildman–Crippen LogP) is 4.25. The van der Waals surface area contributed by atoms with Gasteiger partial charge in [0, 0.05) is 23.6 Å². The first-order valence-corrected chi connectivity index (χ1v) is 7.53. The van der Waals surface area contributed by atoms with Crippen LogP contribution < -0.4 is 21.5 Å². The summed E-state index contributed by atoms with van der Waals surface area (Å²) in [5.74, 6) is 0. The summed E-state index contributed by atoms with van der Waals surface area (Å²) in [5, 5.41) is 6.97. The van der Waals surface area contributed by atoms with Crippen LogP contribution >= 0.6 is 12.2 Å². The van der Waals surface area contributed by atoms with Gasteiger partial charge in [-0.25, -0.2) is 5.43 Å². The Labute approximate surface area is 142 Å². The fourth-order valence-corrected chi connectivity index (χ4v) is 2.14. The minimum atomic E-state index is 0. The van der Waals surface area contributed by atoms with Crippen molar-refractivity contribution in [1.82, 2.24) is 10.7 Å². The Morgan fingerprint density at radius 3 is 2.73 bits per heavy atom. The van der Waals surface area contributed by atoms with Crippen molar-refractivity contribution in [3.8, 4) is 0 Å².